The fourth-order valence-electron chi connectivity index (χ4n) is 4.13. The van der Waals surface area contributed by atoms with Crippen LogP contribution in [-0.2, 0) is 4.74 Å². The van der Waals surface area contributed by atoms with E-state index in [0.29, 0.717) is 53.6 Å². The fourth-order valence-corrected chi connectivity index (χ4v) is 4.26. The molecular formula is C26H28ClFN4O3. The number of likely N-dealkylation sites (tertiary alicyclic amines) is 1. The molecule has 1 aliphatic rings. The first kappa shape index (κ1) is 24.7. The molecule has 2 amide bonds. The number of amides is 2. The van der Waals surface area contributed by atoms with Gasteiger partial charge in [-0.2, -0.15) is 5.10 Å². The Hall–Kier alpha value is -3.39. The molecule has 0 radical (unpaired) electrons. The number of nitrogens with zero attached hydrogens (tertiary/aromatic N) is 3. The number of aromatic nitrogens is 2. The van der Waals surface area contributed by atoms with E-state index in [1.807, 2.05) is 20.8 Å². The third-order valence-electron chi connectivity index (χ3n) is 5.74. The first-order valence-corrected chi connectivity index (χ1v) is 11.9. The fraction of sp³-hybridized carbons (Fsp3) is 0.346. The summed E-state index contributed by atoms with van der Waals surface area (Å²) >= 11 is 5.95. The smallest absolute Gasteiger partial charge is 0.410 e. The van der Waals surface area contributed by atoms with Gasteiger partial charge in [-0.25, -0.2) is 13.9 Å². The van der Waals surface area contributed by atoms with E-state index in [1.165, 1.54) is 18.3 Å². The van der Waals surface area contributed by atoms with Gasteiger partial charge in [-0.15, -0.1) is 0 Å². The lowest BCUT2D eigenvalue weighted by Gasteiger charge is -2.34. The molecule has 0 saturated carbocycles. The molecule has 2 heterocycles. The average molecular weight is 499 g/mol. The Morgan fingerprint density at radius 1 is 1.11 bits per heavy atom. The number of piperidine rings is 1. The molecule has 0 aliphatic carbocycles. The van der Waals surface area contributed by atoms with Crippen LogP contribution in [0.3, 0.4) is 0 Å². The Kier molecular flexibility index (Phi) is 7.12. The Labute approximate surface area is 208 Å². The molecule has 3 aromatic rings. The van der Waals surface area contributed by atoms with Crippen LogP contribution in [0.15, 0.2) is 54.7 Å². The second-order valence-corrected chi connectivity index (χ2v) is 9.97. The van der Waals surface area contributed by atoms with Crippen LogP contribution in [0.5, 0.6) is 0 Å². The maximum atomic E-state index is 14.0. The largest absolute Gasteiger partial charge is 0.444 e. The minimum Gasteiger partial charge on any atom is -0.444 e. The molecule has 1 N–H and O–H groups in total. The second-order valence-electron chi connectivity index (χ2n) is 9.54. The molecule has 1 aromatic heterocycles. The van der Waals surface area contributed by atoms with Gasteiger partial charge in [-0.05, 0) is 76.1 Å². The number of benzene rings is 2. The van der Waals surface area contributed by atoms with Crippen LogP contribution in [0.25, 0.3) is 5.69 Å². The van der Waals surface area contributed by atoms with Gasteiger partial charge in [0.05, 0.1) is 23.1 Å². The quantitative estimate of drug-likeness (QED) is 0.476. The van der Waals surface area contributed by atoms with Crippen molar-refractivity contribution >= 4 is 29.3 Å². The maximum Gasteiger partial charge on any atom is 0.410 e. The maximum absolute atomic E-state index is 14.0. The van der Waals surface area contributed by atoms with Crippen molar-refractivity contribution < 1.29 is 18.7 Å². The summed E-state index contributed by atoms with van der Waals surface area (Å²) in [6, 6.07) is 12.9. The van der Waals surface area contributed by atoms with Crippen LogP contribution in [0.4, 0.5) is 14.9 Å². The molecular weight excluding hydrogens is 471 g/mol. The molecule has 4 rings (SSSR count). The van der Waals surface area contributed by atoms with Crippen LogP contribution < -0.4 is 5.32 Å². The van der Waals surface area contributed by atoms with Crippen molar-refractivity contribution in [3.8, 4) is 5.69 Å². The van der Waals surface area contributed by atoms with E-state index < -0.39 is 11.4 Å². The lowest BCUT2D eigenvalue weighted by atomic mass is 9.90. The van der Waals surface area contributed by atoms with E-state index in [1.54, 1.807) is 46.0 Å². The first-order chi connectivity index (χ1) is 16.6. The van der Waals surface area contributed by atoms with Gasteiger partial charge in [-0.3, -0.25) is 4.79 Å². The molecule has 2 aromatic carbocycles. The Morgan fingerprint density at radius 3 is 2.43 bits per heavy atom. The van der Waals surface area contributed by atoms with Gasteiger partial charge in [0.15, 0.2) is 0 Å². The number of anilines is 1. The number of hydrogen-bond donors (Lipinski definition) is 1. The molecule has 0 bridgehead atoms. The summed E-state index contributed by atoms with van der Waals surface area (Å²) in [5.41, 5.74) is 1.64. The second kappa shape index (κ2) is 10.1. The summed E-state index contributed by atoms with van der Waals surface area (Å²) in [6.07, 6.45) is 2.38. The van der Waals surface area contributed by atoms with Crippen molar-refractivity contribution in [3.05, 3.63) is 76.8 Å². The summed E-state index contributed by atoms with van der Waals surface area (Å²) in [5.74, 6) is -0.777. The molecule has 7 nitrogen and oxygen atoms in total. The van der Waals surface area contributed by atoms with E-state index in [0.717, 1.165) is 0 Å². The number of hydrogen-bond acceptors (Lipinski definition) is 4. The highest BCUT2D eigenvalue weighted by atomic mass is 35.5. The molecule has 1 saturated heterocycles. The number of ether oxygens (including phenoxy) is 1. The highest BCUT2D eigenvalue weighted by Crippen LogP contribution is 2.33. The van der Waals surface area contributed by atoms with Crippen LogP contribution in [0, 0.1) is 5.82 Å². The van der Waals surface area contributed by atoms with Crippen molar-refractivity contribution in [3.63, 3.8) is 0 Å². The molecule has 0 atom stereocenters. The topological polar surface area (TPSA) is 76.5 Å². The number of rotatable bonds is 4. The van der Waals surface area contributed by atoms with E-state index in [-0.39, 0.29) is 17.9 Å². The summed E-state index contributed by atoms with van der Waals surface area (Å²) in [4.78, 5) is 27.4. The number of carbonyl (C=O) groups is 2. The SMILES string of the molecule is CC(C)(C)OC(=O)N1CCC(c2c(C(=O)Nc3ccc(Cl)cc3)cnn2-c2cccc(F)c2)CC1. The standard InChI is InChI=1S/C26H28ClFN4O3/c1-26(2,3)35-25(34)31-13-11-17(12-14-31)23-22(24(33)30-20-9-7-18(27)8-10-20)16-29-32(23)21-6-4-5-19(28)15-21/h4-10,15-17H,11-14H2,1-3H3,(H,30,33). The monoisotopic (exact) mass is 498 g/mol. The third kappa shape index (κ3) is 6.00. The zero-order valence-electron chi connectivity index (χ0n) is 19.9. The molecule has 0 spiro atoms. The molecule has 9 heteroatoms. The molecule has 0 unspecified atom stereocenters. The van der Waals surface area contributed by atoms with Crippen LogP contribution in [0.1, 0.15) is 55.6 Å². The third-order valence-corrected chi connectivity index (χ3v) is 5.99. The summed E-state index contributed by atoms with van der Waals surface area (Å²) in [7, 11) is 0. The van der Waals surface area contributed by atoms with Crippen molar-refractivity contribution in [2.45, 2.75) is 45.1 Å². The van der Waals surface area contributed by atoms with Crippen LogP contribution in [-0.4, -0.2) is 45.4 Å². The zero-order chi connectivity index (χ0) is 25.2. The zero-order valence-corrected chi connectivity index (χ0v) is 20.7. The highest BCUT2D eigenvalue weighted by molar-refractivity contribution is 6.30. The van der Waals surface area contributed by atoms with Gasteiger partial charge in [0.1, 0.15) is 11.4 Å². The van der Waals surface area contributed by atoms with Crippen molar-refractivity contribution in [1.82, 2.24) is 14.7 Å². The van der Waals surface area contributed by atoms with Gasteiger partial charge in [0.2, 0.25) is 0 Å². The lowest BCUT2D eigenvalue weighted by Crippen LogP contribution is -2.41. The Morgan fingerprint density at radius 2 is 1.80 bits per heavy atom. The summed E-state index contributed by atoms with van der Waals surface area (Å²) in [6.45, 7) is 6.46. The van der Waals surface area contributed by atoms with Gasteiger partial charge in [0.25, 0.3) is 5.91 Å². The van der Waals surface area contributed by atoms with Gasteiger partial charge in [-0.1, -0.05) is 17.7 Å². The number of nitrogens with one attached hydrogen (secondary N) is 1. The minimum atomic E-state index is -0.573. The lowest BCUT2D eigenvalue weighted by molar-refractivity contribution is 0.0203. The predicted molar refractivity (Wildman–Crippen MR) is 133 cm³/mol. The Bertz CT molecular complexity index is 1210. The van der Waals surface area contributed by atoms with Crippen molar-refractivity contribution in [2.75, 3.05) is 18.4 Å². The van der Waals surface area contributed by atoms with Crippen LogP contribution >= 0.6 is 11.6 Å². The number of carbonyl (C=O) groups excluding carboxylic acids is 2. The average Bonchev–Trinajstić information content (AvgIpc) is 3.25. The van der Waals surface area contributed by atoms with Crippen molar-refractivity contribution in [2.24, 2.45) is 0 Å². The first-order valence-electron chi connectivity index (χ1n) is 11.5. The molecule has 1 fully saturated rings. The van der Waals surface area contributed by atoms with E-state index in [2.05, 4.69) is 10.4 Å². The Balaban J connectivity index is 1.61. The van der Waals surface area contributed by atoms with E-state index >= 15 is 0 Å². The van der Waals surface area contributed by atoms with Gasteiger partial charge >= 0.3 is 6.09 Å². The van der Waals surface area contributed by atoms with E-state index in [4.69, 9.17) is 16.3 Å². The molecule has 1 aliphatic heterocycles. The van der Waals surface area contributed by atoms with Gasteiger partial charge in [0, 0.05) is 29.7 Å². The molecule has 35 heavy (non-hydrogen) atoms. The normalized spacial score (nSPS) is 14.6. The van der Waals surface area contributed by atoms with E-state index in [9.17, 15) is 14.0 Å². The van der Waals surface area contributed by atoms with Crippen LogP contribution in [0.2, 0.25) is 5.02 Å². The summed E-state index contributed by atoms with van der Waals surface area (Å²) in [5, 5.41) is 7.90. The highest BCUT2D eigenvalue weighted by Gasteiger charge is 2.32. The summed E-state index contributed by atoms with van der Waals surface area (Å²) < 4.78 is 21.1. The predicted octanol–water partition coefficient (Wildman–Crippen LogP) is 6.03. The minimum absolute atomic E-state index is 0.0644. The van der Waals surface area contributed by atoms with Gasteiger partial charge < -0.3 is 15.0 Å². The van der Waals surface area contributed by atoms with Crippen molar-refractivity contribution in [1.29, 1.82) is 0 Å². The molecule has 184 valence electrons. The number of halogens is 2.